The van der Waals surface area contributed by atoms with E-state index in [0.29, 0.717) is 12.4 Å². The number of hydrogen-bond acceptors (Lipinski definition) is 4. The molecule has 0 saturated carbocycles. The molecule has 4 nitrogen and oxygen atoms in total. The monoisotopic (exact) mass is 268 g/mol. The van der Waals surface area contributed by atoms with Crippen LogP contribution in [0.4, 0.5) is 5.69 Å². The number of ether oxygens (including phenoxy) is 1. The topological polar surface area (TPSA) is 64.3 Å². The molecule has 0 aliphatic rings. The van der Waals surface area contributed by atoms with Crippen LogP contribution < -0.4 is 11.1 Å². The predicted octanol–water partition coefficient (Wildman–Crippen LogP) is 1.82. The van der Waals surface area contributed by atoms with E-state index >= 15 is 0 Å². The van der Waals surface area contributed by atoms with Gasteiger partial charge in [-0.3, -0.25) is 4.79 Å². The van der Waals surface area contributed by atoms with Gasteiger partial charge < -0.3 is 15.8 Å². The minimum Gasteiger partial charge on any atom is -0.398 e. The van der Waals surface area contributed by atoms with Gasteiger partial charge in [0.05, 0.1) is 12.4 Å². The third kappa shape index (κ3) is 4.58. The Bertz CT molecular complexity index is 410. The summed E-state index contributed by atoms with van der Waals surface area (Å²) in [6.45, 7) is 4.39. The van der Waals surface area contributed by atoms with Gasteiger partial charge in [0.1, 0.15) is 0 Å². The van der Waals surface area contributed by atoms with E-state index in [-0.39, 0.29) is 11.9 Å². The van der Waals surface area contributed by atoms with Crippen LogP contribution in [0.3, 0.4) is 0 Å². The van der Waals surface area contributed by atoms with E-state index in [4.69, 9.17) is 10.5 Å². The molecule has 1 atom stereocenters. The second-order valence-electron chi connectivity index (χ2n) is 4.20. The van der Waals surface area contributed by atoms with E-state index in [9.17, 15) is 4.79 Å². The lowest BCUT2D eigenvalue weighted by atomic mass is 10.2. The van der Waals surface area contributed by atoms with Crippen LogP contribution in [-0.4, -0.2) is 31.4 Å². The van der Waals surface area contributed by atoms with Crippen molar-refractivity contribution in [3.8, 4) is 0 Å². The van der Waals surface area contributed by atoms with Crippen molar-refractivity contribution >= 4 is 23.4 Å². The van der Waals surface area contributed by atoms with Crippen molar-refractivity contribution in [3.63, 3.8) is 0 Å². The molecule has 0 fully saturated rings. The number of benzene rings is 1. The Kier molecular flexibility index (Phi) is 6.01. The van der Waals surface area contributed by atoms with E-state index < -0.39 is 0 Å². The number of amides is 1. The normalized spacial score (nSPS) is 12.2. The Morgan fingerprint density at radius 2 is 2.28 bits per heavy atom. The Balaban J connectivity index is 2.45. The zero-order valence-electron chi connectivity index (χ0n) is 11.0. The van der Waals surface area contributed by atoms with Gasteiger partial charge in [0.2, 0.25) is 5.91 Å². The summed E-state index contributed by atoms with van der Waals surface area (Å²) in [6, 6.07) is 5.86. The van der Waals surface area contributed by atoms with Crippen LogP contribution in [0.25, 0.3) is 0 Å². The number of aryl methyl sites for hydroxylation is 1. The molecule has 3 N–H and O–H groups in total. The fourth-order valence-electron chi connectivity index (χ4n) is 1.53. The lowest BCUT2D eigenvalue weighted by molar-refractivity contribution is -0.119. The van der Waals surface area contributed by atoms with Gasteiger partial charge in [-0.25, -0.2) is 0 Å². The van der Waals surface area contributed by atoms with Crippen molar-refractivity contribution < 1.29 is 9.53 Å². The van der Waals surface area contributed by atoms with Crippen molar-refractivity contribution in [3.05, 3.63) is 23.8 Å². The molecule has 0 bridgehead atoms. The molecule has 1 amide bonds. The molecule has 100 valence electrons. The smallest absolute Gasteiger partial charge is 0.230 e. The zero-order chi connectivity index (χ0) is 13.5. The second-order valence-corrected chi connectivity index (χ2v) is 5.22. The molecule has 18 heavy (non-hydrogen) atoms. The van der Waals surface area contributed by atoms with Gasteiger partial charge in [0, 0.05) is 23.7 Å². The SMILES string of the molecule is COCC(C)NC(=O)CSc1cccc(C)c1N. The molecule has 0 heterocycles. The fourth-order valence-corrected chi connectivity index (χ4v) is 2.39. The van der Waals surface area contributed by atoms with Gasteiger partial charge in [-0.2, -0.15) is 0 Å². The molecule has 1 unspecified atom stereocenters. The Morgan fingerprint density at radius 1 is 1.56 bits per heavy atom. The number of anilines is 1. The van der Waals surface area contributed by atoms with Gasteiger partial charge in [0.15, 0.2) is 0 Å². The van der Waals surface area contributed by atoms with Crippen LogP contribution in [0.15, 0.2) is 23.1 Å². The Morgan fingerprint density at radius 3 is 2.94 bits per heavy atom. The van der Waals surface area contributed by atoms with Crippen LogP contribution in [0.1, 0.15) is 12.5 Å². The van der Waals surface area contributed by atoms with Crippen molar-refractivity contribution in [1.82, 2.24) is 5.32 Å². The minimum atomic E-state index is -0.00884. The maximum atomic E-state index is 11.7. The number of carbonyl (C=O) groups is 1. The largest absolute Gasteiger partial charge is 0.398 e. The fraction of sp³-hybridized carbons (Fsp3) is 0.462. The van der Waals surface area contributed by atoms with Crippen LogP contribution in [0, 0.1) is 6.92 Å². The van der Waals surface area contributed by atoms with Crippen molar-refractivity contribution in [2.45, 2.75) is 24.8 Å². The molecule has 0 aliphatic carbocycles. The van der Waals surface area contributed by atoms with Crippen LogP contribution >= 0.6 is 11.8 Å². The van der Waals surface area contributed by atoms with E-state index in [1.807, 2.05) is 32.0 Å². The molecule has 0 saturated heterocycles. The number of methoxy groups -OCH3 is 1. The highest BCUT2D eigenvalue weighted by Crippen LogP contribution is 2.27. The van der Waals surface area contributed by atoms with Crippen molar-refractivity contribution in [1.29, 1.82) is 0 Å². The number of para-hydroxylation sites is 1. The zero-order valence-corrected chi connectivity index (χ0v) is 11.8. The van der Waals surface area contributed by atoms with Gasteiger partial charge in [-0.15, -0.1) is 11.8 Å². The molecule has 0 aliphatic heterocycles. The molecular weight excluding hydrogens is 248 g/mol. The van der Waals surface area contributed by atoms with E-state index in [0.717, 1.165) is 16.1 Å². The lowest BCUT2D eigenvalue weighted by Gasteiger charge is -2.13. The lowest BCUT2D eigenvalue weighted by Crippen LogP contribution is -2.36. The first-order valence-corrected chi connectivity index (χ1v) is 6.79. The second kappa shape index (κ2) is 7.28. The van der Waals surface area contributed by atoms with E-state index in [2.05, 4.69) is 5.32 Å². The summed E-state index contributed by atoms with van der Waals surface area (Å²) in [4.78, 5) is 12.6. The first-order valence-electron chi connectivity index (χ1n) is 5.80. The summed E-state index contributed by atoms with van der Waals surface area (Å²) in [5, 5.41) is 2.86. The minimum absolute atomic E-state index is 0.00884. The number of nitrogens with two attached hydrogens (primary N) is 1. The van der Waals surface area contributed by atoms with Gasteiger partial charge >= 0.3 is 0 Å². The predicted molar refractivity (Wildman–Crippen MR) is 75.8 cm³/mol. The van der Waals surface area contributed by atoms with Crippen molar-refractivity contribution in [2.24, 2.45) is 0 Å². The summed E-state index contributed by atoms with van der Waals surface area (Å²) in [5.41, 5.74) is 7.73. The summed E-state index contributed by atoms with van der Waals surface area (Å²) in [6.07, 6.45) is 0. The molecular formula is C13H20N2O2S. The maximum Gasteiger partial charge on any atom is 0.230 e. The van der Waals surface area contributed by atoms with Crippen molar-refractivity contribution in [2.75, 3.05) is 25.2 Å². The average molecular weight is 268 g/mol. The maximum absolute atomic E-state index is 11.7. The van der Waals surface area contributed by atoms with E-state index in [1.165, 1.54) is 11.8 Å². The molecule has 0 radical (unpaired) electrons. The molecule has 0 aromatic heterocycles. The number of hydrogen-bond donors (Lipinski definition) is 2. The van der Waals surface area contributed by atoms with Gasteiger partial charge in [-0.05, 0) is 25.5 Å². The number of rotatable bonds is 6. The Labute approximate surface area is 112 Å². The van der Waals surface area contributed by atoms with E-state index in [1.54, 1.807) is 7.11 Å². The molecule has 5 heteroatoms. The number of carbonyl (C=O) groups excluding carboxylic acids is 1. The van der Waals surface area contributed by atoms with Gasteiger partial charge in [-0.1, -0.05) is 12.1 Å². The third-order valence-corrected chi connectivity index (χ3v) is 3.54. The summed E-state index contributed by atoms with van der Waals surface area (Å²) >= 11 is 1.45. The summed E-state index contributed by atoms with van der Waals surface area (Å²) < 4.78 is 4.96. The number of nitrogen functional groups attached to an aromatic ring is 1. The molecule has 1 rings (SSSR count). The molecule has 0 spiro atoms. The summed E-state index contributed by atoms with van der Waals surface area (Å²) in [5.74, 6) is 0.354. The quantitative estimate of drug-likeness (QED) is 0.610. The highest BCUT2D eigenvalue weighted by Gasteiger charge is 2.09. The average Bonchev–Trinajstić information content (AvgIpc) is 2.31. The van der Waals surface area contributed by atoms with Crippen LogP contribution in [0.5, 0.6) is 0 Å². The first-order chi connectivity index (χ1) is 8.54. The Hall–Kier alpha value is -1.20. The van der Waals surface area contributed by atoms with Crippen LogP contribution in [0.2, 0.25) is 0 Å². The molecule has 1 aromatic rings. The highest BCUT2D eigenvalue weighted by atomic mass is 32.2. The highest BCUT2D eigenvalue weighted by molar-refractivity contribution is 8.00. The van der Waals surface area contributed by atoms with Gasteiger partial charge in [0.25, 0.3) is 0 Å². The summed E-state index contributed by atoms with van der Waals surface area (Å²) in [7, 11) is 1.62. The third-order valence-electron chi connectivity index (χ3n) is 2.47. The molecule has 1 aromatic carbocycles. The first kappa shape index (κ1) is 14.9. The number of nitrogens with one attached hydrogen (secondary N) is 1. The standard InChI is InChI=1S/C13H20N2O2S/c1-9-5-4-6-11(13(9)14)18-8-12(16)15-10(2)7-17-3/h4-6,10H,7-8,14H2,1-3H3,(H,15,16). The van der Waals surface area contributed by atoms with Crippen LogP contribution in [-0.2, 0) is 9.53 Å². The number of thioether (sulfide) groups is 1.